The first kappa shape index (κ1) is 16.0. The van der Waals surface area contributed by atoms with E-state index in [0.29, 0.717) is 13.1 Å². The van der Waals surface area contributed by atoms with Crippen molar-refractivity contribution in [2.75, 3.05) is 26.2 Å². The maximum atomic E-state index is 12.1. The highest BCUT2D eigenvalue weighted by Gasteiger charge is 2.23. The molecule has 0 bridgehead atoms. The molecule has 1 aliphatic heterocycles. The standard InChI is InChI=1S/C18H25N3O2/c1-13-10-21(11-14(2)23-13)12-18(22)19-8-7-15-9-20-17-6-4-3-5-16(15)17/h3-6,9,13-14,20H,7-8,10-12H2,1-2H3,(H,19,22)/t13-,14-/m1/s1. The van der Waals surface area contributed by atoms with Crippen LogP contribution >= 0.6 is 0 Å². The Labute approximate surface area is 137 Å². The van der Waals surface area contributed by atoms with Crippen molar-refractivity contribution in [2.45, 2.75) is 32.5 Å². The topological polar surface area (TPSA) is 57.4 Å². The molecule has 1 amide bonds. The summed E-state index contributed by atoms with van der Waals surface area (Å²) in [7, 11) is 0. The van der Waals surface area contributed by atoms with E-state index in [2.05, 4.69) is 41.2 Å². The molecule has 1 aromatic heterocycles. The average molecular weight is 315 g/mol. The van der Waals surface area contributed by atoms with Crippen LogP contribution < -0.4 is 5.32 Å². The molecule has 0 saturated carbocycles. The van der Waals surface area contributed by atoms with Crippen LogP contribution in [0.4, 0.5) is 0 Å². The van der Waals surface area contributed by atoms with Gasteiger partial charge in [-0.15, -0.1) is 0 Å². The fourth-order valence-electron chi connectivity index (χ4n) is 3.35. The summed E-state index contributed by atoms with van der Waals surface area (Å²) in [6.07, 6.45) is 3.25. The molecule has 2 aromatic rings. The van der Waals surface area contributed by atoms with Crippen molar-refractivity contribution in [3.05, 3.63) is 36.0 Å². The van der Waals surface area contributed by atoms with Crippen LogP contribution in [0.1, 0.15) is 19.4 Å². The third-order valence-corrected chi connectivity index (χ3v) is 4.25. The highest BCUT2D eigenvalue weighted by Crippen LogP contribution is 2.17. The summed E-state index contributed by atoms with van der Waals surface area (Å²) >= 11 is 0. The first-order valence-corrected chi connectivity index (χ1v) is 8.31. The molecule has 3 rings (SSSR count). The van der Waals surface area contributed by atoms with Crippen LogP contribution in [-0.4, -0.2) is 54.2 Å². The zero-order valence-electron chi connectivity index (χ0n) is 13.8. The molecule has 1 aromatic carbocycles. The highest BCUT2D eigenvalue weighted by atomic mass is 16.5. The maximum Gasteiger partial charge on any atom is 0.234 e. The van der Waals surface area contributed by atoms with Gasteiger partial charge in [-0.05, 0) is 31.9 Å². The second-order valence-corrected chi connectivity index (χ2v) is 6.41. The summed E-state index contributed by atoms with van der Waals surface area (Å²) in [4.78, 5) is 17.5. The molecule has 0 unspecified atom stereocenters. The Morgan fingerprint density at radius 2 is 2.04 bits per heavy atom. The molecule has 2 N–H and O–H groups in total. The third-order valence-electron chi connectivity index (χ3n) is 4.25. The van der Waals surface area contributed by atoms with Crippen molar-refractivity contribution in [1.29, 1.82) is 0 Å². The Bertz CT molecular complexity index is 657. The summed E-state index contributed by atoms with van der Waals surface area (Å²) in [5.74, 6) is 0.0890. The van der Waals surface area contributed by atoms with Gasteiger partial charge in [0.05, 0.1) is 18.8 Å². The molecule has 124 valence electrons. The third kappa shape index (κ3) is 4.12. The zero-order chi connectivity index (χ0) is 16.2. The molecule has 2 atom stereocenters. The number of aromatic nitrogens is 1. The first-order valence-electron chi connectivity index (χ1n) is 8.31. The number of carbonyl (C=O) groups is 1. The smallest absolute Gasteiger partial charge is 0.234 e. The molecule has 1 aliphatic rings. The van der Waals surface area contributed by atoms with Crippen molar-refractivity contribution >= 4 is 16.8 Å². The number of morpholine rings is 1. The number of para-hydroxylation sites is 1. The van der Waals surface area contributed by atoms with E-state index in [1.807, 2.05) is 18.3 Å². The van der Waals surface area contributed by atoms with Crippen LogP contribution in [0.25, 0.3) is 10.9 Å². The van der Waals surface area contributed by atoms with E-state index in [1.165, 1.54) is 10.9 Å². The number of fused-ring (bicyclic) bond motifs is 1. The van der Waals surface area contributed by atoms with E-state index in [4.69, 9.17) is 4.74 Å². The molecule has 5 nitrogen and oxygen atoms in total. The lowest BCUT2D eigenvalue weighted by Crippen LogP contribution is -2.49. The van der Waals surface area contributed by atoms with Crippen molar-refractivity contribution < 1.29 is 9.53 Å². The normalized spacial score (nSPS) is 22.3. The average Bonchev–Trinajstić information content (AvgIpc) is 2.90. The Morgan fingerprint density at radius 1 is 1.30 bits per heavy atom. The van der Waals surface area contributed by atoms with E-state index in [1.54, 1.807) is 0 Å². The van der Waals surface area contributed by atoms with Gasteiger partial charge < -0.3 is 15.0 Å². The van der Waals surface area contributed by atoms with Crippen LogP contribution in [0.2, 0.25) is 0 Å². The number of H-pyrrole nitrogens is 1. The minimum Gasteiger partial charge on any atom is -0.373 e. The summed E-state index contributed by atoms with van der Waals surface area (Å²) in [6.45, 7) is 6.86. The summed E-state index contributed by atoms with van der Waals surface area (Å²) in [5.41, 5.74) is 2.39. The van der Waals surface area contributed by atoms with Gasteiger partial charge in [-0.1, -0.05) is 18.2 Å². The van der Waals surface area contributed by atoms with Crippen LogP contribution in [0.5, 0.6) is 0 Å². The van der Waals surface area contributed by atoms with E-state index in [-0.39, 0.29) is 18.1 Å². The Hall–Kier alpha value is -1.85. The number of nitrogens with one attached hydrogen (secondary N) is 2. The van der Waals surface area contributed by atoms with Gasteiger partial charge in [-0.2, -0.15) is 0 Å². The minimum atomic E-state index is 0.0890. The quantitative estimate of drug-likeness (QED) is 0.886. The Morgan fingerprint density at radius 3 is 2.83 bits per heavy atom. The molecule has 2 heterocycles. The van der Waals surface area contributed by atoms with Gasteiger partial charge in [-0.3, -0.25) is 9.69 Å². The zero-order valence-corrected chi connectivity index (χ0v) is 13.8. The number of hydrogen-bond acceptors (Lipinski definition) is 3. The van der Waals surface area contributed by atoms with Gasteiger partial charge in [-0.25, -0.2) is 0 Å². The molecular weight excluding hydrogens is 290 g/mol. The lowest BCUT2D eigenvalue weighted by atomic mass is 10.1. The number of aromatic amines is 1. The van der Waals surface area contributed by atoms with Crippen molar-refractivity contribution in [2.24, 2.45) is 0 Å². The van der Waals surface area contributed by atoms with Gasteiger partial charge >= 0.3 is 0 Å². The van der Waals surface area contributed by atoms with E-state index < -0.39 is 0 Å². The molecule has 5 heteroatoms. The van der Waals surface area contributed by atoms with Crippen LogP contribution in [0, 0.1) is 0 Å². The van der Waals surface area contributed by atoms with E-state index >= 15 is 0 Å². The Balaban J connectivity index is 1.46. The Kier molecular flexibility index (Phi) is 4.98. The molecule has 0 radical (unpaired) electrons. The number of nitrogens with zero attached hydrogens (tertiary/aromatic N) is 1. The largest absolute Gasteiger partial charge is 0.373 e. The van der Waals surface area contributed by atoms with Gasteiger partial charge in [0.2, 0.25) is 5.91 Å². The van der Waals surface area contributed by atoms with Crippen LogP contribution in [0.3, 0.4) is 0 Å². The van der Waals surface area contributed by atoms with Gasteiger partial charge in [0.25, 0.3) is 0 Å². The molecule has 0 spiro atoms. The second-order valence-electron chi connectivity index (χ2n) is 6.41. The molecule has 23 heavy (non-hydrogen) atoms. The molecule has 1 saturated heterocycles. The number of benzene rings is 1. The molecule has 1 fully saturated rings. The van der Waals surface area contributed by atoms with E-state index in [9.17, 15) is 4.79 Å². The molecular formula is C18H25N3O2. The lowest BCUT2D eigenvalue weighted by Gasteiger charge is -2.34. The van der Waals surface area contributed by atoms with E-state index in [0.717, 1.165) is 25.0 Å². The fraction of sp³-hybridized carbons (Fsp3) is 0.500. The molecule has 0 aliphatic carbocycles. The second kappa shape index (κ2) is 7.15. The fourth-order valence-corrected chi connectivity index (χ4v) is 3.35. The number of ether oxygens (including phenoxy) is 1. The number of amides is 1. The van der Waals surface area contributed by atoms with Crippen molar-refractivity contribution in [1.82, 2.24) is 15.2 Å². The van der Waals surface area contributed by atoms with Crippen LogP contribution in [0.15, 0.2) is 30.5 Å². The number of hydrogen-bond donors (Lipinski definition) is 2. The summed E-state index contributed by atoms with van der Waals surface area (Å²) in [6, 6.07) is 8.24. The number of carbonyl (C=O) groups excluding carboxylic acids is 1. The maximum absolute atomic E-state index is 12.1. The highest BCUT2D eigenvalue weighted by molar-refractivity contribution is 5.83. The van der Waals surface area contributed by atoms with Gasteiger partial charge in [0.15, 0.2) is 0 Å². The lowest BCUT2D eigenvalue weighted by molar-refractivity contribution is -0.125. The van der Waals surface area contributed by atoms with Gasteiger partial charge in [0, 0.05) is 36.7 Å². The number of rotatable bonds is 5. The monoisotopic (exact) mass is 315 g/mol. The first-order chi connectivity index (χ1) is 11.1. The van der Waals surface area contributed by atoms with Crippen LogP contribution in [-0.2, 0) is 16.0 Å². The summed E-state index contributed by atoms with van der Waals surface area (Å²) < 4.78 is 5.69. The summed E-state index contributed by atoms with van der Waals surface area (Å²) in [5, 5.41) is 4.26. The SMILES string of the molecule is C[C@@H]1CN(CC(=O)NCCc2c[nH]c3ccccc23)C[C@@H](C)O1. The van der Waals surface area contributed by atoms with Crippen molar-refractivity contribution in [3.63, 3.8) is 0 Å². The predicted octanol–water partition coefficient (Wildman–Crippen LogP) is 1.94. The predicted molar refractivity (Wildman–Crippen MR) is 91.5 cm³/mol. The van der Waals surface area contributed by atoms with Crippen molar-refractivity contribution in [3.8, 4) is 0 Å². The van der Waals surface area contributed by atoms with Gasteiger partial charge in [0.1, 0.15) is 0 Å². The minimum absolute atomic E-state index is 0.0890.